The Balaban J connectivity index is 2.63. The molecule has 1 aliphatic heterocycles. The van der Waals surface area contributed by atoms with Gasteiger partial charge in [-0.3, -0.25) is 5.32 Å². The van der Waals surface area contributed by atoms with Crippen LogP contribution in [-0.2, 0) is 26.3 Å². The second-order valence-corrected chi connectivity index (χ2v) is 10.9. The van der Waals surface area contributed by atoms with Gasteiger partial charge in [-0.15, -0.1) is 11.3 Å². The van der Waals surface area contributed by atoms with E-state index in [2.05, 4.69) is 5.32 Å². The SMILES string of the molecule is Cc1c(S(N)(=O)=O)sc2c1CC(C)(NC(C)C)S2(=O)=O. The predicted octanol–water partition coefficient (Wildman–Crippen LogP) is 0.748. The summed E-state index contributed by atoms with van der Waals surface area (Å²) < 4.78 is 48.3. The molecule has 9 heteroatoms. The molecule has 1 atom stereocenters. The van der Waals surface area contributed by atoms with Gasteiger partial charge in [0.05, 0.1) is 0 Å². The van der Waals surface area contributed by atoms with Crippen molar-refractivity contribution in [2.75, 3.05) is 0 Å². The molecule has 1 aliphatic rings. The molecule has 114 valence electrons. The van der Waals surface area contributed by atoms with E-state index in [0.29, 0.717) is 11.1 Å². The highest BCUT2D eigenvalue weighted by Gasteiger charge is 2.50. The van der Waals surface area contributed by atoms with E-state index in [4.69, 9.17) is 5.14 Å². The largest absolute Gasteiger partial charge is 0.296 e. The van der Waals surface area contributed by atoms with Crippen molar-refractivity contribution < 1.29 is 16.8 Å². The van der Waals surface area contributed by atoms with Crippen LogP contribution in [0.2, 0.25) is 0 Å². The number of rotatable bonds is 3. The first kappa shape index (κ1) is 15.9. The second-order valence-electron chi connectivity index (χ2n) is 5.54. The minimum Gasteiger partial charge on any atom is -0.296 e. The summed E-state index contributed by atoms with van der Waals surface area (Å²) in [5.41, 5.74) is 1.01. The van der Waals surface area contributed by atoms with Crippen LogP contribution in [0.5, 0.6) is 0 Å². The van der Waals surface area contributed by atoms with Crippen molar-refractivity contribution in [3.05, 3.63) is 11.1 Å². The molecule has 0 saturated heterocycles. The van der Waals surface area contributed by atoms with E-state index in [-0.39, 0.29) is 20.9 Å². The zero-order chi connectivity index (χ0) is 15.5. The number of sulfonamides is 1. The Bertz CT molecular complexity index is 762. The molecule has 0 aromatic carbocycles. The van der Waals surface area contributed by atoms with Gasteiger partial charge in [0.2, 0.25) is 19.9 Å². The molecule has 0 saturated carbocycles. The van der Waals surface area contributed by atoms with E-state index in [1.54, 1.807) is 13.8 Å². The summed E-state index contributed by atoms with van der Waals surface area (Å²) in [6, 6.07) is 0.00167. The number of fused-ring (bicyclic) bond motifs is 1. The molecule has 20 heavy (non-hydrogen) atoms. The molecule has 3 N–H and O–H groups in total. The van der Waals surface area contributed by atoms with Crippen LogP contribution in [0, 0.1) is 6.92 Å². The topological polar surface area (TPSA) is 106 Å². The van der Waals surface area contributed by atoms with Crippen LogP contribution in [0.15, 0.2) is 8.42 Å². The zero-order valence-electron chi connectivity index (χ0n) is 11.7. The number of primary sulfonamides is 1. The first-order valence-electron chi connectivity index (χ1n) is 6.07. The quantitative estimate of drug-likeness (QED) is 0.846. The van der Waals surface area contributed by atoms with Gasteiger partial charge in [0.15, 0.2) is 0 Å². The van der Waals surface area contributed by atoms with Crippen LogP contribution in [-0.4, -0.2) is 27.7 Å². The summed E-state index contributed by atoms with van der Waals surface area (Å²) >= 11 is 0.751. The summed E-state index contributed by atoms with van der Waals surface area (Å²) in [4.78, 5) is -1.09. The predicted molar refractivity (Wildman–Crippen MR) is 78.0 cm³/mol. The maximum absolute atomic E-state index is 12.6. The number of hydrogen-bond acceptors (Lipinski definition) is 6. The highest BCUT2D eigenvalue weighted by atomic mass is 32.3. The van der Waals surface area contributed by atoms with E-state index in [9.17, 15) is 16.8 Å². The Labute approximate surface area is 123 Å². The second kappa shape index (κ2) is 4.51. The molecule has 0 bridgehead atoms. The third-order valence-corrected chi connectivity index (χ3v) is 9.18. The molecule has 0 amide bonds. The molecule has 1 unspecified atom stereocenters. The molecular formula is C11H18N2O4S3. The Morgan fingerprint density at radius 3 is 2.35 bits per heavy atom. The normalized spacial score (nSPS) is 25.1. The van der Waals surface area contributed by atoms with Crippen molar-refractivity contribution in [2.24, 2.45) is 5.14 Å². The molecule has 6 nitrogen and oxygen atoms in total. The van der Waals surface area contributed by atoms with E-state index in [0.717, 1.165) is 11.3 Å². The zero-order valence-corrected chi connectivity index (χ0v) is 14.2. The van der Waals surface area contributed by atoms with Crippen molar-refractivity contribution in [2.45, 2.75) is 53.4 Å². The number of nitrogens with two attached hydrogens (primary N) is 1. The smallest absolute Gasteiger partial charge is 0.247 e. The monoisotopic (exact) mass is 338 g/mol. The summed E-state index contributed by atoms with van der Waals surface area (Å²) in [5, 5.41) is 8.19. The van der Waals surface area contributed by atoms with Gasteiger partial charge < -0.3 is 0 Å². The third-order valence-electron chi connectivity index (χ3n) is 3.39. The van der Waals surface area contributed by atoms with Crippen LogP contribution in [0.4, 0.5) is 0 Å². The molecule has 2 heterocycles. The minimum absolute atomic E-state index is 0.00167. The Morgan fingerprint density at radius 1 is 1.40 bits per heavy atom. The maximum Gasteiger partial charge on any atom is 0.247 e. The van der Waals surface area contributed by atoms with Gasteiger partial charge in [0.25, 0.3) is 0 Å². The van der Waals surface area contributed by atoms with Gasteiger partial charge in [0.1, 0.15) is 13.3 Å². The molecule has 1 aromatic heterocycles. The van der Waals surface area contributed by atoms with Crippen LogP contribution >= 0.6 is 11.3 Å². The van der Waals surface area contributed by atoms with Gasteiger partial charge in [-0.05, 0) is 38.8 Å². The molecule has 0 fully saturated rings. The van der Waals surface area contributed by atoms with E-state index < -0.39 is 24.7 Å². The number of thiophene rings is 1. The molecule has 2 rings (SSSR count). The van der Waals surface area contributed by atoms with E-state index in [1.165, 1.54) is 0 Å². The highest BCUT2D eigenvalue weighted by Crippen LogP contribution is 2.46. The lowest BCUT2D eigenvalue weighted by molar-refractivity contribution is 0.425. The number of sulfone groups is 1. The van der Waals surface area contributed by atoms with Crippen LogP contribution in [0.3, 0.4) is 0 Å². The van der Waals surface area contributed by atoms with Crippen molar-refractivity contribution >= 4 is 31.2 Å². The van der Waals surface area contributed by atoms with E-state index in [1.807, 2.05) is 13.8 Å². The molecule has 0 spiro atoms. The van der Waals surface area contributed by atoms with Gasteiger partial charge in [-0.1, -0.05) is 0 Å². The molecule has 1 aromatic rings. The summed E-state index contributed by atoms with van der Waals surface area (Å²) in [7, 11) is -7.50. The number of nitrogens with one attached hydrogen (secondary N) is 1. The fourth-order valence-corrected chi connectivity index (χ4v) is 7.71. The van der Waals surface area contributed by atoms with Crippen molar-refractivity contribution in [1.82, 2.24) is 5.32 Å². The van der Waals surface area contributed by atoms with Gasteiger partial charge in [0, 0.05) is 12.5 Å². The molecule has 0 aliphatic carbocycles. The van der Waals surface area contributed by atoms with E-state index >= 15 is 0 Å². The summed E-state index contributed by atoms with van der Waals surface area (Å²) in [6.07, 6.45) is 0.251. The number of hydrogen-bond donors (Lipinski definition) is 2. The fraction of sp³-hybridized carbons (Fsp3) is 0.636. The minimum atomic E-state index is -3.89. The van der Waals surface area contributed by atoms with Crippen molar-refractivity contribution in [3.63, 3.8) is 0 Å². The van der Waals surface area contributed by atoms with Crippen molar-refractivity contribution in [1.29, 1.82) is 0 Å². The average molecular weight is 338 g/mol. The lowest BCUT2D eigenvalue weighted by atomic mass is 10.1. The fourth-order valence-electron chi connectivity index (χ4n) is 2.57. The average Bonchev–Trinajstić information content (AvgIpc) is 2.62. The van der Waals surface area contributed by atoms with Gasteiger partial charge >= 0.3 is 0 Å². The molecular weight excluding hydrogens is 320 g/mol. The highest BCUT2D eigenvalue weighted by molar-refractivity contribution is 7.96. The van der Waals surface area contributed by atoms with Gasteiger partial charge in [-0.25, -0.2) is 22.0 Å². The van der Waals surface area contributed by atoms with Gasteiger partial charge in [-0.2, -0.15) is 0 Å². The lowest BCUT2D eigenvalue weighted by Gasteiger charge is -2.27. The third kappa shape index (κ3) is 2.21. The standard InChI is InChI=1S/C11H18N2O4S3/c1-6(2)13-11(4)5-8-7(3)9(20(12,16)17)18-10(8)19(11,14)15/h6,13H,5H2,1-4H3,(H2,12,16,17). The molecule has 0 radical (unpaired) electrons. The lowest BCUT2D eigenvalue weighted by Crippen LogP contribution is -2.50. The Morgan fingerprint density at radius 2 is 1.95 bits per heavy atom. The first-order valence-corrected chi connectivity index (χ1v) is 9.92. The van der Waals surface area contributed by atoms with Crippen LogP contribution in [0.25, 0.3) is 0 Å². The maximum atomic E-state index is 12.6. The Kier molecular flexibility index (Phi) is 3.58. The van der Waals surface area contributed by atoms with Crippen LogP contribution in [0.1, 0.15) is 31.9 Å². The Hall–Kier alpha value is -0.480. The summed E-state index contributed by atoms with van der Waals surface area (Å²) in [5.74, 6) is 0. The summed E-state index contributed by atoms with van der Waals surface area (Å²) in [6.45, 7) is 6.97. The van der Waals surface area contributed by atoms with Crippen LogP contribution < -0.4 is 10.5 Å². The van der Waals surface area contributed by atoms with Crippen molar-refractivity contribution in [3.8, 4) is 0 Å². The first-order chi connectivity index (χ1) is 8.90.